The van der Waals surface area contributed by atoms with Crippen LogP contribution in [0.3, 0.4) is 0 Å². The fourth-order valence-corrected chi connectivity index (χ4v) is 1.46. The summed E-state index contributed by atoms with van der Waals surface area (Å²) in [6.07, 6.45) is 0. The van der Waals surface area contributed by atoms with Crippen molar-refractivity contribution in [3.63, 3.8) is 0 Å². The Labute approximate surface area is 109 Å². The van der Waals surface area contributed by atoms with Gasteiger partial charge in [-0.15, -0.1) is 0 Å². The molecule has 6 nitrogen and oxygen atoms in total. The molecule has 0 saturated carbocycles. The van der Waals surface area contributed by atoms with E-state index in [1.54, 1.807) is 12.1 Å². The second-order valence-corrected chi connectivity index (χ2v) is 3.78. The second kappa shape index (κ2) is 5.63. The largest absolute Gasteiger partial charge is 0.382 e. The number of hydrazone groups is 1. The minimum atomic E-state index is -0.453. The van der Waals surface area contributed by atoms with Crippen LogP contribution in [0.5, 0.6) is 0 Å². The first-order valence-corrected chi connectivity index (χ1v) is 5.56. The Morgan fingerprint density at radius 1 is 1.11 bits per heavy atom. The average molecular weight is 256 g/mol. The Morgan fingerprint density at radius 2 is 1.74 bits per heavy atom. The Bertz CT molecular complexity index is 594. The number of nitrogens with two attached hydrogens (primary N) is 1. The van der Waals surface area contributed by atoms with Crippen molar-refractivity contribution in [3.8, 4) is 0 Å². The van der Waals surface area contributed by atoms with Crippen LogP contribution in [0.2, 0.25) is 0 Å². The van der Waals surface area contributed by atoms with Gasteiger partial charge in [0.05, 0.1) is 10.6 Å². The highest BCUT2D eigenvalue weighted by Crippen LogP contribution is 2.15. The van der Waals surface area contributed by atoms with Crippen molar-refractivity contribution in [2.45, 2.75) is 0 Å². The monoisotopic (exact) mass is 256 g/mol. The van der Waals surface area contributed by atoms with Crippen molar-refractivity contribution in [2.75, 3.05) is 5.43 Å². The Hall–Kier alpha value is -2.89. The zero-order valence-corrected chi connectivity index (χ0v) is 9.98. The summed E-state index contributed by atoms with van der Waals surface area (Å²) in [5.41, 5.74) is 10.0. The first kappa shape index (κ1) is 12.6. The molecule has 0 bridgehead atoms. The maximum absolute atomic E-state index is 10.5. The molecule has 19 heavy (non-hydrogen) atoms. The second-order valence-electron chi connectivity index (χ2n) is 3.78. The molecule has 0 fully saturated rings. The minimum Gasteiger partial charge on any atom is -0.382 e. The molecule has 96 valence electrons. The lowest BCUT2D eigenvalue weighted by atomic mass is 10.2. The zero-order chi connectivity index (χ0) is 13.7. The predicted molar refractivity (Wildman–Crippen MR) is 73.9 cm³/mol. The molecule has 0 amide bonds. The van der Waals surface area contributed by atoms with Gasteiger partial charge in [0, 0.05) is 17.7 Å². The van der Waals surface area contributed by atoms with Crippen LogP contribution in [0, 0.1) is 10.1 Å². The average Bonchev–Trinajstić information content (AvgIpc) is 2.46. The smallest absolute Gasteiger partial charge is 0.269 e. The molecule has 0 unspecified atom stereocenters. The summed E-state index contributed by atoms with van der Waals surface area (Å²) in [5.74, 6) is 0.346. The van der Waals surface area contributed by atoms with E-state index in [1.807, 2.05) is 30.3 Å². The van der Waals surface area contributed by atoms with E-state index in [0.717, 1.165) is 5.56 Å². The van der Waals surface area contributed by atoms with Gasteiger partial charge in [0.1, 0.15) is 0 Å². The van der Waals surface area contributed by atoms with Gasteiger partial charge in [-0.1, -0.05) is 30.3 Å². The number of nitrogens with one attached hydrogen (secondary N) is 1. The third kappa shape index (κ3) is 3.29. The lowest BCUT2D eigenvalue weighted by molar-refractivity contribution is -0.384. The molecule has 0 heterocycles. The quantitative estimate of drug-likeness (QED) is 0.380. The van der Waals surface area contributed by atoms with Crippen molar-refractivity contribution in [2.24, 2.45) is 10.8 Å². The lowest BCUT2D eigenvalue weighted by Gasteiger charge is -2.03. The van der Waals surface area contributed by atoms with Crippen LogP contribution in [0.15, 0.2) is 59.7 Å². The normalized spacial score (nSPS) is 11.1. The van der Waals surface area contributed by atoms with E-state index in [1.165, 1.54) is 12.1 Å². The van der Waals surface area contributed by atoms with Crippen LogP contribution >= 0.6 is 0 Å². The number of rotatable bonds is 4. The maximum Gasteiger partial charge on any atom is 0.269 e. The highest BCUT2D eigenvalue weighted by Gasteiger charge is 2.03. The van der Waals surface area contributed by atoms with Gasteiger partial charge in [-0.2, -0.15) is 5.10 Å². The molecular formula is C13H12N4O2. The molecule has 0 aliphatic heterocycles. The predicted octanol–water partition coefficient (Wildman–Crippen LogP) is 2.33. The van der Waals surface area contributed by atoms with E-state index in [-0.39, 0.29) is 5.69 Å². The number of non-ortho nitro benzene ring substituents is 1. The number of amidine groups is 1. The Morgan fingerprint density at radius 3 is 2.32 bits per heavy atom. The van der Waals surface area contributed by atoms with E-state index < -0.39 is 4.92 Å². The molecule has 2 aromatic rings. The molecule has 0 spiro atoms. The number of hydrogen-bond donors (Lipinski definition) is 2. The summed E-state index contributed by atoms with van der Waals surface area (Å²) < 4.78 is 0. The molecule has 2 rings (SSSR count). The zero-order valence-electron chi connectivity index (χ0n) is 9.98. The number of nitrogens with zero attached hydrogens (tertiary/aromatic N) is 2. The van der Waals surface area contributed by atoms with E-state index in [9.17, 15) is 10.1 Å². The van der Waals surface area contributed by atoms with Crippen molar-refractivity contribution in [3.05, 3.63) is 70.3 Å². The van der Waals surface area contributed by atoms with Gasteiger partial charge < -0.3 is 5.73 Å². The van der Waals surface area contributed by atoms with Crippen LogP contribution in [0.4, 0.5) is 11.4 Å². The summed E-state index contributed by atoms with van der Waals surface area (Å²) in [6, 6.07) is 15.2. The van der Waals surface area contributed by atoms with E-state index in [4.69, 9.17) is 5.73 Å². The van der Waals surface area contributed by atoms with Gasteiger partial charge in [0.2, 0.25) is 0 Å². The SMILES string of the molecule is N/C(=N\Nc1ccc([N+](=O)[O-])cc1)c1ccccc1. The molecule has 0 aromatic heterocycles. The van der Waals surface area contributed by atoms with Crippen molar-refractivity contribution < 1.29 is 4.92 Å². The molecule has 6 heteroatoms. The summed E-state index contributed by atoms with van der Waals surface area (Å²) in [6.45, 7) is 0. The van der Waals surface area contributed by atoms with E-state index in [2.05, 4.69) is 10.5 Å². The van der Waals surface area contributed by atoms with Gasteiger partial charge in [0.15, 0.2) is 5.84 Å². The highest BCUT2D eigenvalue weighted by molar-refractivity contribution is 5.97. The molecular weight excluding hydrogens is 244 g/mol. The number of nitro groups is 1. The van der Waals surface area contributed by atoms with Gasteiger partial charge in [-0.05, 0) is 12.1 Å². The maximum atomic E-state index is 10.5. The third-order valence-corrected chi connectivity index (χ3v) is 2.45. The Balaban J connectivity index is 2.08. The van der Waals surface area contributed by atoms with E-state index in [0.29, 0.717) is 11.5 Å². The van der Waals surface area contributed by atoms with Crippen molar-refractivity contribution in [1.82, 2.24) is 0 Å². The summed E-state index contributed by atoms with van der Waals surface area (Å²) in [4.78, 5) is 10.0. The molecule has 2 aromatic carbocycles. The summed E-state index contributed by atoms with van der Waals surface area (Å²) >= 11 is 0. The first-order chi connectivity index (χ1) is 9.16. The number of hydrogen-bond acceptors (Lipinski definition) is 4. The van der Waals surface area contributed by atoms with Crippen LogP contribution in [-0.4, -0.2) is 10.8 Å². The molecule has 0 radical (unpaired) electrons. The number of benzene rings is 2. The van der Waals surface area contributed by atoms with Crippen molar-refractivity contribution in [1.29, 1.82) is 0 Å². The van der Waals surface area contributed by atoms with Crippen LogP contribution in [-0.2, 0) is 0 Å². The van der Waals surface area contributed by atoms with Gasteiger partial charge in [-0.3, -0.25) is 15.5 Å². The molecule has 3 N–H and O–H groups in total. The van der Waals surface area contributed by atoms with Crippen molar-refractivity contribution >= 4 is 17.2 Å². The molecule has 0 atom stereocenters. The third-order valence-electron chi connectivity index (χ3n) is 2.45. The molecule has 0 aliphatic rings. The summed E-state index contributed by atoms with van der Waals surface area (Å²) in [7, 11) is 0. The fraction of sp³-hybridized carbons (Fsp3) is 0. The standard InChI is InChI=1S/C13H12N4O2/c14-13(10-4-2-1-3-5-10)16-15-11-6-8-12(9-7-11)17(18)19/h1-9,15H,(H2,14,16). The molecule has 0 aliphatic carbocycles. The topological polar surface area (TPSA) is 93.5 Å². The number of anilines is 1. The first-order valence-electron chi connectivity index (χ1n) is 5.56. The summed E-state index contributed by atoms with van der Waals surface area (Å²) in [5, 5.41) is 14.5. The van der Waals surface area contributed by atoms with Crippen LogP contribution in [0.1, 0.15) is 5.56 Å². The lowest BCUT2D eigenvalue weighted by Crippen LogP contribution is -2.15. The molecule has 0 saturated heterocycles. The van der Waals surface area contributed by atoms with Gasteiger partial charge in [0.25, 0.3) is 5.69 Å². The van der Waals surface area contributed by atoms with Gasteiger partial charge >= 0.3 is 0 Å². The number of nitro benzene ring substituents is 1. The highest BCUT2D eigenvalue weighted by atomic mass is 16.6. The fourth-order valence-electron chi connectivity index (χ4n) is 1.46. The minimum absolute atomic E-state index is 0.0329. The van der Waals surface area contributed by atoms with E-state index >= 15 is 0 Å². The van der Waals surface area contributed by atoms with Crippen LogP contribution in [0.25, 0.3) is 0 Å². The van der Waals surface area contributed by atoms with Crippen LogP contribution < -0.4 is 11.2 Å². The van der Waals surface area contributed by atoms with Gasteiger partial charge in [-0.25, -0.2) is 0 Å². The Kier molecular flexibility index (Phi) is 3.72.